The standard InChI is InChI=1S/C21H23NO6/c1-13(23)15-5-8-17(9-6-15)22-21(25)14(2)28-20(24)11-16-7-10-18(26-3)12-19(16)27-4/h5-10,12,14H,11H2,1-4H3,(H,22,25). The molecule has 7 nitrogen and oxygen atoms in total. The molecule has 0 fully saturated rings. The summed E-state index contributed by atoms with van der Waals surface area (Å²) >= 11 is 0. The summed E-state index contributed by atoms with van der Waals surface area (Å²) in [6, 6.07) is 11.6. The van der Waals surface area contributed by atoms with Crippen molar-refractivity contribution >= 4 is 23.3 Å². The number of carbonyl (C=O) groups excluding carboxylic acids is 3. The lowest BCUT2D eigenvalue weighted by Crippen LogP contribution is -2.30. The minimum Gasteiger partial charge on any atom is -0.497 e. The maximum absolute atomic E-state index is 12.2. The van der Waals surface area contributed by atoms with Crippen LogP contribution in [0.4, 0.5) is 5.69 Å². The highest BCUT2D eigenvalue weighted by Gasteiger charge is 2.19. The van der Waals surface area contributed by atoms with Gasteiger partial charge in [-0.25, -0.2) is 0 Å². The van der Waals surface area contributed by atoms with Crippen molar-refractivity contribution in [2.24, 2.45) is 0 Å². The SMILES string of the molecule is COc1ccc(CC(=O)OC(C)C(=O)Nc2ccc(C(C)=O)cc2)c(OC)c1. The molecule has 0 saturated carbocycles. The van der Waals surface area contributed by atoms with E-state index in [1.807, 2.05) is 0 Å². The molecule has 2 aromatic rings. The molecule has 0 aromatic heterocycles. The van der Waals surface area contributed by atoms with Crippen LogP contribution in [0.5, 0.6) is 11.5 Å². The fourth-order valence-corrected chi connectivity index (χ4v) is 2.48. The summed E-state index contributed by atoms with van der Waals surface area (Å²) in [6.45, 7) is 2.95. The Kier molecular flexibility index (Phi) is 7.14. The van der Waals surface area contributed by atoms with E-state index in [1.54, 1.807) is 42.5 Å². The van der Waals surface area contributed by atoms with Crippen molar-refractivity contribution in [3.8, 4) is 11.5 Å². The number of carbonyl (C=O) groups is 3. The number of amides is 1. The van der Waals surface area contributed by atoms with Gasteiger partial charge in [-0.3, -0.25) is 14.4 Å². The van der Waals surface area contributed by atoms with Gasteiger partial charge < -0.3 is 19.5 Å². The number of anilines is 1. The Morgan fingerprint density at radius 3 is 2.25 bits per heavy atom. The third-order valence-electron chi connectivity index (χ3n) is 4.07. The second-order valence-electron chi connectivity index (χ2n) is 6.11. The number of hydrogen-bond donors (Lipinski definition) is 1. The van der Waals surface area contributed by atoms with Gasteiger partial charge in [0.1, 0.15) is 11.5 Å². The topological polar surface area (TPSA) is 90.9 Å². The number of hydrogen-bond acceptors (Lipinski definition) is 6. The second-order valence-corrected chi connectivity index (χ2v) is 6.11. The normalized spacial score (nSPS) is 11.3. The average Bonchev–Trinajstić information content (AvgIpc) is 2.68. The van der Waals surface area contributed by atoms with Crippen LogP contribution in [-0.2, 0) is 20.7 Å². The molecule has 1 atom stereocenters. The predicted octanol–water partition coefficient (Wildman–Crippen LogP) is 3.02. The van der Waals surface area contributed by atoms with Crippen LogP contribution >= 0.6 is 0 Å². The monoisotopic (exact) mass is 385 g/mol. The first-order valence-electron chi connectivity index (χ1n) is 8.66. The van der Waals surface area contributed by atoms with E-state index in [0.717, 1.165) is 0 Å². The summed E-state index contributed by atoms with van der Waals surface area (Å²) in [5, 5.41) is 2.65. The number of benzene rings is 2. The molecule has 0 heterocycles. The Morgan fingerprint density at radius 2 is 1.68 bits per heavy atom. The number of ketones is 1. The number of rotatable bonds is 8. The predicted molar refractivity (Wildman–Crippen MR) is 104 cm³/mol. The number of Topliss-reactive ketones (excluding diaryl/α,β-unsaturated/α-hetero) is 1. The summed E-state index contributed by atoms with van der Waals surface area (Å²) < 4.78 is 15.6. The maximum Gasteiger partial charge on any atom is 0.311 e. The third-order valence-corrected chi connectivity index (χ3v) is 4.07. The van der Waals surface area contributed by atoms with Gasteiger partial charge >= 0.3 is 5.97 Å². The van der Waals surface area contributed by atoms with Crippen LogP contribution in [0.2, 0.25) is 0 Å². The van der Waals surface area contributed by atoms with Gasteiger partial charge in [0.2, 0.25) is 0 Å². The highest BCUT2D eigenvalue weighted by atomic mass is 16.5. The molecule has 28 heavy (non-hydrogen) atoms. The lowest BCUT2D eigenvalue weighted by atomic mass is 10.1. The number of esters is 1. The van der Waals surface area contributed by atoms with Crippen molar-refractivity contribution in [1.82, 2.24) is 0 Å². The number of nitrogens with one attached hydrogen (secondary N) is 1. The largest absolute Gasteiger partial charge is 0.497 e. The molecule has 1 unspecified atom stereocenters. The Bertz CT molecular complexity index is 860. The molecule has 0 aliphatic heterocycles. The summed E-state index contributed by atoms with van der Waals surface area (Å²) in [5.41, 5.74) is 1.68. The fraction of sp³-hybridized carbons (Fsp3) is 0.286. The molecule has 1 amide bonds. The van der Waals surface area contributed by atoms with Gasteiger partial charge in [0.25, 0.3) is 5.91 Å². The quantitative estimate of drug-likeness (QED) is 0.555. The number of ether oxygens (including phenoxy) is 3. The Hall–Kier alpha value is -3.35. The highest BCUT2D eigenvalue weighted by Crippen LogP contribution is 2.25. The minimum atomic E-state index is -0.982. The van der Waals surface area contributed by atoms with Gasteiger partial charge in [-0.1, -0.05) is 6.07 Å². The zero-order valence-corrected chi connectivity index (χ0v) is 16.3. The van der Waals surface area contributed by atoms with Crippen molar-refractivity contribution in [2.75, 3.05) is 19.5 Å². The molecular weight excluding hydrogens is 362 g/mol. The molecule has 0 radical (unpaired) electrons. The molecule has 0 aliphatic rings. The Morgan fingerprint density at radius 1 is 1.00 bits per heavy atom. The van der Waals surface area contributed by atoms with E-state index in [0.29, 0.717) is 28.3 Å². The third kappa shape index (κ3) is 5.57. The van der Waals surface area contributed by atoms with Gasteiger partial charge in [0.15, 0.2) is 11.9 Å². The Labute approximate surface area is 163 Å². The van der Waals surface area contributed by atoms with Crippen molar-refractivity contribution in [1.29, 1.82) is 0 Å². The average molecular weight is 385 g/mol. The minimum absolute atomic E-state index is 0.0436. The van der Waals surface area contributed by atoms with E-state index < -0.39 is 18.0 Å². The molecule has 2 rings (SSSR count). The van der Waals surface area contributed by atoms with Crippen LogP contribution in [0.3, 0.4) is 0 Å². The molecule has 0 spiro atoms. The van der Waals surface area contributed by atoms with E-state index in [2.05, 4.69) is 5.32 Å². The van der Waals surface area contributed by atoms with Gasteiger partial charge in [-0.05, 0) is 44.2 Å². The highest BCUT2D eigenvalue weighted by molar-refractivity contribution is 5.97. The first-order chi connectivity index (χ1) is 13.3. The summed E-state index contributed by atoms with van der Waals surface area (Å²) in [6.07, 6.45) is -1.03. The smallest absolute Gasteiger partial charge is 0.311 e. The van der Waals surface area contributed by atoms with Crippen LogP contribution in [-0.4, -0.2) is 38.0 Å². The second kappa shape index (κ2) is 9.55. The lowest BCUT2D eigenvalue weighted by molar-refractivity contribution is -0.152. The molecule has 0 bridgehead atoms. The summed E-state index contributed by atoms with van der Waals surface area (Å²) in [4.78, 5) is 35.7. The van der Waals surface area contributed by atoms with Crippen LogP contribution in [0.15, 0.2) is 42.5 Å². The summed E-state index contributed by atoms with van der Waals surface area (Å²) in [5.74, 6) is 0.0225. The first kappa shape index (κ1) is 21.0. The fourth-order valence-electron chi connectivity index (χ4n) is 2.48. The van der Waals surface area contributed by atoms with Crippen molar-refractivity contribution in [2.45, 2.75) is 26.4 Å². The lowest BCUT2D eigenvalue weighted by Gasteiger charge is -2.15. The van der Waals surface area contributed by atoms with Crippen molar-refractivity contribution in [3.05, 3.63) is 53.6 Å². The van der Waals surface area contributed by atoms with Crippen LogP contribution < -0.4 is 14.8 Å². The van der Waals surface area contributed by atoms with Gasteiger partial charge in [0, 0.05) is 22.9 Å². The van der Waals surface area contributed by atoms with Gasteiger partial charge in [0.05, 0.1) is 20.6 Å². The van der Waals surface area contributed by atoms with Crippen LogP contribution in [0, 0.1) is 0 Å². The zero-order valence-electron chi connectivity index (χ0n) is 16.3. The van der Waals surface area contributed by atoms with Crippen molar-refractivity contribution in [3.63, 3.8) is 0 Å². The van der Waals surface area contributed by atoms with Crippen molar-refractivity contribution < 1.29 is 28.6 Å². The molecule has 0 aliphatic carbocycles. The molecule has 2 aromatic carbocycles. The summed E-state index contributed by atoms with van der Waals surface area (Å²) in [7, 11) is 3.04. The van der Waals surface area contributed by atoms with E-state index in [4.69, 9.17) is 14.2 Å². The van der Waals surface area contributed by atoms with E-state index in [-0.39, 0.29) is 12.2 Å². The van der Waals surface area contributed by atoms with Gasteiger partial charge in [-0.15, -0.1) is 0 Å². The van der Waals surface area contributed by atoms with Crippen LogP contribution in [0.1, 0.15) is 29.8 Å². The molecule has 1 N–H and O–H groups in total. The zero-order chi connectivity index (χ0) is 20.7. The number of methoxy groups -OCH3 is 2. The molecule has 0 saturated heterocycles. The van der Waals surface area contributed by atoms with E-state index in [1.165, 1.54) is 28.1 Å². The first-order valence-corrected chi connectivity index (χ1v) is 8.66. The van der Waals surface area contributed by atoms with E-state index >= 15 is 0 Å². The molecule has 7 heteroatoms. The molecular formula is C21H23NO6. The van der Waals surface area contributed by atoms with Gasteiger partial charge in [-0.2, -0.15) is 0 Å². The van der Waals surface area contributed by atoms with Crippen LogP contribution in [0.25, 0.3) is 0 Å². The van der Waals surface area contributed by atoms with E-state index in [9.17, 15) is 14.4 Å². The molecule has 148 valence electrons. The Balaban J connectivity index is 1.94. The maximum atomic E-state index is 12.2.